The Bertz CT molecular complexity index is 757. The monoisotopic (exact) mass is 340 g/mol. The summed E-state index contributed by atoms with van der Waals surface area (Å²) in [4.78, 5) is 21.0. The molecule has 0 spiro atoms. The fourth-order valence-electron chi connectivity index (χ4n) is 3.93. The number of hydrogen-bond donors (Lipinski definition) is 0. The van der Waals surface area contributed by atoms with Gasteiger partial charge in [-0.15, -0.1) is 0 Å². The van der Waals surface area contributed by atoms with Gasteiger partial charge in [-0.05, 0) is 38.3 Å². The van der Waals surface area contributed by atoms with Crippen molar-refractivity contribution in [1.82, 2.24) is 19.9 Å². The van der Waals surface area contributed by atoms with Gasteiger partial charge in [0, 0.05) is 31.1 Å². The molecule has 6 nitrogen and oxygen atoms in total. The van der Waals surface area contributed by atoms with Crippen LogP contribution in [0.15, 0.2) is 28.8 Å². The number of hydrogen-bond acceptors (Lipinski definition) is 5. The third-order valence-electron chi connectivity index (χ3n) is 5.24. The minimum atomic E-state index is 0.312. The number of carbonyl (C=O) groups is 1. The molecule has 132 valence electrons. The predicted octanol–water partition coefficient (Wildman–Crippen LogP) is 2.63. The topological polar surface area (TPSA) is 62.5 Å². The van der Waals surface area contributed by atoms with Crippen molar-refractivity contribution in [3.63, 3.8) is 0 Å². The first-order valence-corrected chi connectivity index (χ1v) is 9.11. The molecule has 0 N–H and O–H groups in total. The highest BCUT2D eigenvalue weighted by atomic mass is 16.5. The van der Waals surface area contributed by atoms with E-state index in [9.17, 15) is 4.79 Å². The molecule has 1 aromatic heterocycles. The molecular weight excluding hydrogens is 316 g/mol. The zero-order chi connectivity index (χ0) is 17.2. The van der Waals surface area contributed by atoms with Crippen LogP contribution >= 0.6 is 0 Å². The van der Waals surface area contributed by atoms with E-state index in [1.54, 1.807) is 0 Å². The fourth-order valence-corrected chi connectivity index (χ4v) is 3.93. The first-order valence-electron chi connectivity index (χ1n) is 9.11. The van der Waals surface area contributed by atoms with Gasteiger partial charge in [0.2, 0.25) is 17.6 Å². The van der Waals surface area contributed by atoms with Crippen molar-refractivity contribution >= 4 is 5.91 Å². The highest BCUT2D eigenvalue weighted by Gasteiger charge is 2.31. The lowest BCUT2D eigenvalue weighted by molar-refractivity contribution is -0.130. The van der Waals surface area contributed by atoms with E-state index < -0.39 is 0 Å². The summed E-state index contributed by atoms with van der Waals surface area (Å²) in [6, 6.07) is 8.39. The van der Waals surface area contributed by atoms with Crippen LogP contribution in [-0.2, 0) is 11.3 Å². The van der Waals surface area contributed by atoms with Crippen LogP contribution in [0, 0.1) is 6.92 Å². The number of aromatic nitrogens is 2. The van der Waals surface area contributed by atoms with E-state index in [1.165, 1.54) is 0 Å². The molecule has 0 aliphatic carbocycles. The maximum Gasteiger partial charge on any atom is 0.241 e. The first-order chi connectivity index (χ1) is 12.2. The highest BCUT2D eigenvalue weighted by Crippen LogP contribution is 2.24. The van der Waals surface area contributed by atoms with E-state index in [0.29, 0.717) is 36.6 Å². The molecular formula is C19H24N4O2. The summed E-state index contributed by atoms with van der Waals surface area (Å²) >= 11 is 0. The van der Waals surface area contributed by atoms with Crippen molar-refractivity contribution in [2.45, 2.75) is 45.2 Å². The van der Waals surface area contributed by atoms with Crippen molar-refractivity contribution in [3.05, 3.63) is 35.7 Å². The molecule has 0 bridgehead atoms. The van der Waals surface area contributed by atoms with Crippen LogP contribution in [0.1, 0.15) is 37.1 Å². The van der Waals surface area contributed by atoms with Crippen molar-refractivity contribution in [2.75, 3.05) is 19.6 Å². The largest absolute Gasteiger partial charge is 0.338 e. The lowest BCUT2D eigenvalue weighted by Crippen LogP contribution is -2.48. The molecule has 2 aliphatic heterocycles. The van der Waals surface area contributed by atoms with Crippen LogP contribution in [0.5, 0.6) is 0 Å². The molecule has 2 aliphatic rings. The van der Waals surface area contributed by atoms with Crippen molar-refractivity contribution in [1.29, 1.82) is 0 Å². The summed E-state index contributed by atoms with van der Waals surface area (Å²) in [5.41, 5.74) is 2.15. The number of carbonyl (C=O) groups excluding carboxylic acids is 1. The molecule has 0 saturated carbocycles. The van der Waals surface area contributed by atoms with E-state index in [1.807, 2.05) is 31.2 Å². The van der Waals surface area contributed by atoms with Gasteiger partial charge in [-0.25, -0.2) is 0 Å². The summed E-state index contributed by atoms with van der Waals surface area (Å²) in [6.07, 6.45) is 3.91. The maximum atomic E-state index is 12.0. The quantitative estimate of drug-likeness (QED) is 0.856. The van der Waals surface area contributed by atoms with Crippen LogP contribution in [0.2, 0.25) is 0 Å². The van der Waals surface area contributed by atoms with Gasteiger partial charge < -0.3 is 9.42 Å². The number of benzene rings is 1. The molecule has 2 fully saturated rings. The van der Waals surface area contributed by atoms with Crippen molar-refractivity contribution in [3.8, 4) is 11.4 Å². The van der Waals surface area contributed by atoms with E-state index in [2.05, 4.69) is 19.9 Å². The molecule has 25 heavy (non-hydrogen) atoms. The Morgan fingerprint density at radius 1 is 1.24 bits per heavy atom. The zero-order valence-corrected chi connectivity index (χ0v) is 14.6. The number of piperidine rings is 1. The summed E-state index contributed by atoms with van der Waals surface area (Å²) in [7, 11) is 0. The van der Waals surface area contributed by atoms with Crippen LogP contribution in [0.25, 0.3) is 11.4 Å². The van der Waals surface area contributed by atoms with Gasteiger partial charge in [0.25, 0.3) is 0 Å². The second-order valence-electron chi connectivity index (χ2n) is 7.05. The fraction of sp³-hybridized carbons (Fsp3) is 0.526. The van der Waals surface area contributed by atoms with Crippen LogP contribution < -0.4 is 0 Å². The van der Waals surface area contributed by atoms with Gasteiger partial charge in [-0.3, -0.25) is 9.69 Å². The Balaban J connectivity index is 1.42. The van der Waals surface area contributed by atoms with Crippen LogP contribution in [0.4, 0.5) is 0 Å². The van der Waals surface area contributed by atoms with Crippen LogP contribution in [-0.4, -0.2) is 51.5 Å². The lowest BCUT2D eigenvalue weighted by Gasteiger charge is -2.36. The van der Waals surface area contributed by atoms with Gasteiger partial charge in [-0.1, -0.05) is 29.4 Å². The van der Waals surface area contributed by atoms with Gasteiger partial charge in [-0.2, -0.15) is 4.98 Å². The summed E-state index contributed by atoms with van der Waals surface area (Å²) in [5.74, 6) is 1.61. The molecule has 2 aromatic rings. The lowest BCUT2D eigenvalue weighted by atomic mass is 10.0. The van der Waals surface area contributed by atoms with Gasteiger partial charge >= 0.3 is 0 Å². The normalized spacial score (nSPS) is 21.9. The SMILES string of the molecule is Cc1ccccc1-c1noc(CN2CCC[C@H](N3CCCC3=O)C2)n1. The second-order valence-corrected chi connectivity index (χ2v) is 7.05. The smallest absolute Gasteiger partial charge is 0.241 e. The van der Waals surface area contributed by atoms with E-state index in [0.717, 1.165) is 50.0 Å². The number of amides is 1. The summed E-state index contributed by atoms with van der Waals surface area (Å²) in [6.45, 7) is 5.52. The molecule has 1 aromatic carbocycles. The first kappa shape index (κ1) is 16.3. The molecule has 3 heterocycles. The summed E-state index contributed by atoms with van der Waals surface area (Å²) in [5, 5.41) is 4.14. The number of aryl methyl sites for hydroxylation is 1. The maximum absolute atomic E-state index is 12.0. The number of likely N-dealkylation sites (tertiary alicyclic amines) is 2. The van der Waals surface area contributed by atoms with Gasteiger partial charge in [0.1, 0.15) is 0 Å². The standard InChI is InChI=1S/C19H24N4O2/c1-14-6-2-3-8-16(14)19-20-17(25-21-19)13-22-10-4-7-15(12-22)23-11-5-9-18(23)24/h2-3,6,8,15H,4-5,7,9-13H2,1H3/t15-/m0/s1. The average molecular weight is 340 g/mol. The summed E-state index contributed by atoms with van der Waals surface area (Å²) < 4.78 is 5.48. The third kappa shape index (κ3) is 3.44. The molecule has 1 atom stereocenters. The molecule has 6 heteroatoms. The Kier molecular flexibility index (Phi) is 4.53. The Morgan fingerprint density at radius 2 is 2.12 bits per heavy atom. The van der Waals surface area contributed by atoms with Crippen molar-refractivity contribution in [2.24, 2.45) is 0 Å². The van der Waals surface area contributed by atoms with Crippen LogP contribution in [0.3, 0.4) is 0 Å². The molecule has 1 amide bonds. The molecule has 0 unspecified atom stereocenters. The minimum Gasteiger partial charge on any atom is -0.338 e. The Hall–Kier alpha value is -2.21. The van der Waals surface area contributed by atoms with E-state index in [-0.39, 0.29) is 0 Å². The zero-order valence-electron chi connectivity index (χ0n) is 14.6. The average Bonchev–Trinajstić information content (AvgIpc) is 3.25. The molecule has 0 radical (unpaired) electrons. The van der Waals surface area contributed by atoms with Crippen molar-refractivity contribution < 1.29 is 9.32 Å². The number of nitrogens with zero attached hydrogens (tertiary/aromatic N) is 4. The molecule has 4 rings (SSSR count). The second kappa shape index (κ2) is 6.96. The Morgan fingerprint density at radius 3 is 2.92 bits per heavy atom. The minimum absolute atomic E-state index is 0.312. The number of rotatable bonds is 4. The van der Waals surface area contributed by atoms with Gasteiger partial charge in [0.05, 0.1) is 6.54 Å². The van der Waals surface area contributed by atoms with E-state index in [4.69, 9.17) is 4.52 Å². The van der Waals surface area contributed by atoms with Gasteiger partial charge in [0.15, 0.2) is 0 Å². The molecule has 2 saturated heterocycles. The highest BCUT2D eigenvalue weighted by molar-refractivity contribution is 5.78. The Labute approximate surface area is 147 Å². The predicted molar refractivity (Wildman–Crippen MR) is 93.7 cm³/mol. The van der Waals surface area contributed by atoms with E-state index >= 15 is 0 Å². The third-order valence-corrected chi connectivity index (χ3v) is 5.24.